The molecule has 0 aliphatic heterocycles. The van der Waals surface area contributed by atoms with Gasteiger partial charge in [0.15, 0.2) is 5.78 Å². The van der Waals surface area contributed by atoms with Crippen molar-refractivity contribution in [2.45, 2.75) is 20.8 Å². The second kappa shape index (κ2) is 4.74. The SMILES string of the molecule is CC(=O)COc1cc(C)c([N+](=O)[O-])cc1C. The number of hydrogen-bond acceptors (Lipinski definition) is 4. The van der Waals surface area contributed by atoms with Gasteiger partial charge in [-0.1, -0.05) is 0 Å². The third-order valence-electron chi connectivity index (χ3n) is 2.12. The number of carbonyl (C=O) groups is 1. The highest BCUT2D eigenvalue weighted by Gasteiger charge is 2.14. The molecule has 1 aromatic carbocycles. The minimum Gasteiger partial charge on any atom is -0.486 e. The van der Waals surface area contributed by atoms with Gasteiger partial charge in [0.25, 0.3) is 5.69 Å². The van der Waals surface area contributed by atoms with Gasteiger partial charge in [0.1, 0.15) is 12.4 Å². The predicted octanol–water partition coefficient (Wildman–Crippen LogP) is 2.18. The van der Waals surface area contributed by atoms with Crippen molar-refractivity contribution in [1.29, 1.82) is 0 Å². The first-order valence-electron chi connectivity index (χ1n) is 4.79. The van der Waals surface area contributed by atoms with E-state index in [1.807, 2.05) is 0 Å². The summed E-state index contributed by atoms with van der Waals surface area (Å²) in [4.78, 5) is 21.0. The van der Waals surface area contributed by atoms with Crippen LogP contribution in [0.3, 0.4) is 0 Å². The molecule has 0 heterocycles. The van der Waals surface area contributed by atoms with Gasteiger partial charge in [0.05, 0.1) is 4.92 Å². The normalized spacial score (nSPS) is 9.94. The van der Waals surface area contributed by atoms with Crippen molar-refractivity contribution in [3.63, 3.8) is 0 Å². The maximum absolute atomic E-state index is 10.8. The summed E-state index contributed by atoms with van der Waals surface area (Å²) in [5.41, 5.74) is 1.24. The van der Waals surface area contributed by atoms with E-state index in [9.17, 15) is 14.9 Å². The lowest BCUT2D eigenvalue weighted by molar-refractivity contribution is -0.385. The Bertz CT molecular complexity index is 440. The number of rotatable bonds is 4. The zero-order valence-electron chi connectivity index (χ0n) is 9.44. The molecule has 0 aromatic heterocycles. The summed E-state index contributed by atoms with van der Waals surface area (Å²) >= 11 is 0. The lowest BCUT2D eigenvalue weighted by Gasteiger charge is -2.08. The lowest BCUT2D eigenvalue weighted by atomic mass is 10.1. The Morgan fingerprint density at radius 1 is 1.38 bits per heavy atom. The first-order chi connectivity index (χ1) is 7.41. The molecule has 0 aliphatic rings. The number of benzene rings is 1. The Hall–Kier alpha value is -1.91. The van der Waals surface area contributed by atoms with E-state index >= 15 is 0 Å². The third kappa shape index (κ3) is 2.79. The van der Waals surface area contributed by atoms with Crippen LogP contribution in [0.2, 0.25) is 0 Å². The van der Waals surface area contributed by atoms with Gasteiger partial charge in [-0.2, -0.15) is 0 Å². The number of nitrogens with zero attached hydrogens (tertiary/aromatic N) is 1. The van der Waals surface area contributed by atoms with E-state index < -0.39 is 4.92 Å². The van der Waals surface area contributed by atoms with E-state index in [4.69, 9.17) is 4.74 Å². The van der Waals surface area contributed by atoms with Gasteiger partial charge in [0.2, 0.25) is 0 Å². The Morgan fingerprint density at radius 2 is 2.00 bits per heavy atom. The van der Waals surface area contributed by atoms with Crippen LogP contribution in [-0.4, -0.2) is 17.3 Å². The monoisotopic (exact) mass is 223 g/mol. The Kier molecular flexibility index (Phi) is 3.60. The van der Waals surface area contributed by atoms with Crippen LogP contribution in [0.1, 0.15) is 18.1 Å². The minimum atomic E-state index is -0.433. The number of nitro benzene ring substituents is 1. The molecule has 0 unspecified atom stereocenters. The standard InChI is InChI=1S/C11H13NO4/c1-7-5-11(16-6-9(3)13)8(2)4-10(7)12(14)15/h4-5H,6H2,1-3H3. The highest BCUT2D eigenvalue weighted by Crippen LogP contribution is 2.27. The van der Waals surface area contributed by atoms with Crippen molar-refractivity contribution in [2.75, 3.05) is 6.61 Å². The molecule has 0 N–H and O–H groups in total. The average molecular weight is 223 g/mol. The van der Waals surface area contributed by atoms with Crippen molar-refractivity contribution < 1.29 is 14.5 Å². The van der Waals surface area contributed by atoms with Crippen LogP contribution < -0.4 is 4.74 Å². The maximum Gasteiger partial charge on any atom is 0.272 e. The molecule has 0 aliphatic carbocycles. The molecular weight excluding hydrogens is 210 g/mol. The maximum atomic E-state index is 10.8. The lowest BCUT2D eigenvalue weighted by Crippen LogP contribution is -2.07. The molecule has 0 fully saturated rings. The first kappa shape index (κ1) is 12.2. The van der Waals surface area contributed by atoms with Gasteiger partial charge in [0, 0.05) is 11.6 Å². The largest absolute Gasteiger partial charge is 0.486 e. The molecule has 0 saturated carbocycles. The Morgan fingerprint density at radius 3 is 2.50 bits per heavy atom. The number of hydrogen-bond donors (Lipinski definition) is 0. The highest BCUT2D eigenvalue weighted by atomic mass is 16.6. The zero-order valence-corrected chi connectivity index (χ0v) is 9.44. The number of ether oxygens (including phenoxy) is 1. The fraction of sp³-hybridized carbons (Fsp3) is 0.364. The van der Waals surface area contributed by atoms with E-state index in [-0.39, 0.29) is 18.1 Å². The number of ketones is 1. The molecule has 0 saturated heterocycles. The second-order valence-corrected chi connectivity index (χ2v) is 3.65. The van der Waals surface area contributed by atoms with E-state index in [0.29, 0.717) is 16.9 Å². The average Bonchev–Trinajstić information content (AvgIpc) is 2.18. The van der Waals surface area contributed by atoms with E-state index in [2.05, 4.69) is 0 Å². The van der Waals surface area contributed by atoms with Crippen LogP contribution >= 0.6 is 0 Å². The predicted molar refractivity (Wildman–Crippen MR) is 58.7 cm³/mol. The zero-order chi connectivity index (χ0) is 12.3. The van der Waals surface area contributed by atoms with Crippen LogP contribution in [0, 0.1) is 24.0 Å². The fourth-order valence-corrected chi connectivity index (χ4v) is 1.31. The molecule has 1 rings (SSSR count). The summed E-state index contributed by atoms with van der Waals surface area (Å²) < 4.78 is 5.24. The van der Waals surface area contributed by atoms with E-state index in [1.54, 1.807) is 19.9 Å². The van der Waals surface area contributed by atoms with Crippen LogP contribution in [0.25, 0.3) is 0 Å². The smallest absolute Gasteiger partial charge is 0.272 e. The number of nitro groups is 1. The number of aryl methyl sites for hydroxylation is 2. The van der Waals surface area contributed by atoms with Crippen LogP contribution in [-0.2, 0) is 4.79 Å². The molecule has 0 radical (unpaired) electrons. The van der Waals surface area contributed by atoms with Gasteiger partial charge < -0.3 is 4.74 Å². The topological polar surface area (TPSA) is 69.4 Å². The summed E-state index contributed by atoms with van der Waals surface area (Å²) in [6.07, 6.45) is 0. The van der Waals surface area contributed by atoms with Gasteiger partial charge >= 0.3 is 0 Å². The summed E-state index contributed by atoms with van der Waals surface area (Å²) in [6, 6.07) is 3.03. The molecule has 1 aromatic rings. The minimum absolute atomic E-state index is 0.0158. The molecule has 86 valence electrons. The van der Waals surface area contributed by atoms with Gasteiger partial charge in [-0.15, -0.1) is 0 Å². The number of Topliss-reactive ketones (excluding diaryl/α,β-unsaturated/α-hetero) is 1. The van der Waals surface area contributed by atoms with Crippen molar-refractivity contribution in [2.24, 2.45) is 0 Å². The van der Waals surface area contributed by atoms with Crippen molar-refractivity contribution >= 4 is 11.5 Å². The van der Waals surface area contributed by atoms with Crippen molar-refractivity contribution in [3.8, 4) is 5.75 Å². The first-order valence-corrected chi connectivity index (χ1v) is 4.79. The van der Waals surface area contributed by atoms with Crippen LogP contribution in [0.4, 0.5) is 5.69 Å². The van der Waals surface area contributed by atoms with Crippen LogP contribution in [0.5, 0.6) is 5.75 Å². The molecule has 0 atom stereocenters. The van der Waals surface area contributed by atoms with Crippen LogP contribution in [0.15, 0.2) is 12.1 Å². The number of carbonyl (C=O) groups excluding carboxylic acids is 1. The van der Waals surface area contributed by atoms with Gasteiger partial charge in [-0.3, -0.25) is 14.9 Å². The summed E-state index contributed by atoms with van der Waals surface area (Å²) in [5.74, 6) is 0.425. The summed E-state index contributed by atoms with van der Waals surface area (Å²) in [6.45, 7) is 4.76. The Labute approximate surface area is 93.2 Å². The molecular formula is C11H13NO4. The molecule has 16 heavy (non-hydrogen) atoms. The third-order valence-corrected chi connectivity index (χ3v) is 2.12. The molecule has 0 bridgehead atoms. The highest BCUT2D eigenvalue weighted by molar-refractivity contribution is 5.77. The quantitative estimate of drug-likeness (QED) is 0.579. The summed E-state index contributed by atoms with van der Waals surface area (Å²) in [5, 5.41) is 10.7. The van der Waals surface area contributed by atoms with Crippen molar-refractivity contribution in [3.05, 3.63) is 33.4 Å². The van der Waals surface area contributed by atoms with E-state index in [1.165, 1.54) is 13.0 Å². The van der Waals surface area contributed by atoms with Gasteiger partial charge in [-0.05, 0) is 32.4 Å². The molecule has 5 heteroatoms. The molecule has 0 amide bonds. The van der Waals surface area contributed by atoms with E-state index in [0.717, 1.165) is 0 Å². The molecule has 0 spiro atoms. The second-order valence-electron chi connectivity index (χ2n) is 3.65. The Balaban J connectivity index is 3.01. The fourth-order valence-electron chi connectivity index (χ4n) is 1.31. The van der Waals surface area contributed by atoms with Gasteiger partial charge in [-0.25, -0.2) is 0 Å². The summed E-state index contributed by atoms with van der Waals surface area (Å²) in [7, 11) is 0. The van der Waals surface area contributed by atoms with Crippen molar-refractivity contribution in [1.82, 2.24) is 0 Å². The molecule has 5 nitrogen and oxygen atoms in total.